The van der Waals surface area contributed by atoms with Gasteiger partial charge in [-0.3, -0.25) is 0 Å². The monoisotopic (exact) mass is 491 g/mol. The van der Waals surface area contributed by atoms with Crippen molar-refractivity contribution in [2.75, 3.05) is 24.2 Å². The summed E-state index contributed by atoms with van der Waals surface area (Å²) in [5.41, 5.74) is 2.19. The van der Waals surface area contributed by atoms with Gasteiger partial charge >= 0.3 is 0 Å². The molecule has 3 heterocycles. The van der Waals surface area contributed by atoms with Gasteiger partial charge in [0.1, 0.15) is 5.65 Å². The largest absolute Gasteiger partial charge is 0.393 e. The molecule has 8 nitrogen and oxygen atoms in total. The summed E-state index contributed by atoms with van der Waals surface area (Å²) < 4.78 is 29.0. The van der Waals surface area contributed by atoms with E-state index >= 15 is 0 Å². The minimum absolute atomic E-state index is 0.200. The van der Waals surface area contributed by atoms with Crippen molar-refractivity contribution in [1.82, 2.24) is 18.8 Å². The maximum Gasteiger partial charge on any atom is 0.224 e. The summed E-state index contributed by atoms with van der Waals surface area (Å²) in [6.45, 7) is 7.39. The number of aromatic nitrogens is 3. The Hall–Kier alpha value is -1.71. The van der Waals surface area contributed by atoms with Crippen LogP contribution >= 0.6 is 0 Å². The zero-order chi connectivity index (χ0) is 24.3. The van der Waals surface area contributed by atoms with Gasteiger partial charge in [-0.2, -0.15) is 4.98 Å². The summed E-state index contributed by atoms with van der Waals surface area (Å²) in [5.74, 6) is 1.19. The highest BCUT2D eigenvalue weighted by atomic mass is 32.2. The zero-order valence-electron chi connectivity index (χ0n) is 20.9. The molecule has 0 bridgehead atoms. The standard InChI is InChI=1S/C25H41N5O3S/c1-4-6-18(3)27-25-26-16-22-23(19-11-13-29(14-12-19)34(32,33)15-5-2)17-30(24(22)28-25)20-7-9-21(31)10-8-20/h16-21,31H,4-15H2,1-3H3,(H,26,27,28)/t18-,20?,21?/m0/s1. The second kappa shape index (κ2) is 10.9. The molecule has 2 N–H and O–H groups in total. The molecule has 1 aliphatic carbocycles. The van der Waals surface area contributed by atoms with Crippen molar-refractivity contribution < 1.29 is 13.5 Å². The average molecular weight is 492 g/mol. The highest BCUT2D eigenvalue weighted by molar-refractivity contribution is 7.89. The number of fused-ring (bicyclic) bond motifs is 1. The predicted molar refractivity (Wildman–Crippen MR) is 137 cm³/mol. The Kier molecular flexibility index (Phi) is 8.15. The molecule has 1 saturated heterocycles. The van der Waals surface area contributed by atoms with Gasteiger partial charge in [0.05, 0.1) is 11.9 Å². The first-order valence-corrected chi connectivity index (χ1v) is 14.7. The van der Waals surface area contributed by atoms with E-state index in [0.717, 1.165) is 62.4 Å². The number of hydrogen-bond acceptors (Lipinski definition) is 6. The lowest BCUT2D eigenvalue weighted by Crippen LogP contribution is -2.39. The van der Waals surface area contributed by atoms with Crippen LogP contribution in [0.1, 0.15) is 96.1 Å². The van der Waals surface area contributed by atoms with Crippen molar-refractivity contribution in [1.29, 1.82) is 0 Å². The predicted octanol–water partition coefficient (Wildman–Crippen LogP) is 4.43. The third-order valence-corrected chi connectivity index (χ3v) is 9.58. The first-order chi connectivity index (χ1) is 16.3. The molecule has 0 aromatic carbocycles. The molecule has 0 spiro atoms. The van der Waals surface area contributed by atoms with E-state index in [4.69, 9.17) is 4.98 Å². The number of hydrogen-bond donors (Lipinski definition) is 2. The summed E-state index contributed by atoms with van der Waals surface area (Å²) in [7, 11) is -3.15. The highest BCUT2D eigenvalue weighted by Gasteiger charge is 2.31. The molecule has 0 unspecified atom stereocenters. The lowest BCUT2D eigenvalue weighted by molar-refractivity contribution is 0.111. The summed E-state index contributed by atoms with van der Waals surface area (Å²) >= 11 is 0. The lowest BCUT2D eigenvalue weighted by atomic mass is 9.90. The fourth-order valence-corrected chi connectivity index (χ4v) is 7.16. The van der Waals surface area contributed by atoms with Crippen LogP contribution in [0.15, 0.2) is 12.4 Å². The second-order valence-corrected chi connectivity index (χ2v) is 12.3. The number of aliphatic hydroxyl groups is 1. The van der Waals surface area contributed by atoms with Crippen LogP contribution in [0.25, 0.3) is 11.0 Å². The summed E-state index contributed by atoms with van der Waals surface area (Å²) in [5, 5.41) is 14.5. The van der Waals surface area contributed by atoms with Gasteiger partial charge in [-0.15, -0.1) is 0 Å². The summed E-state index contributed by atoms with van der Waals surface area (Å²) in [4.78, 5) is 9.61. The van der Waals surface area contributed by atoms with Gasteiger partial charge in [0.15, 0.2) is 0 Å². The van der Waals surface area contributed by atoms with Crippen LogP contribution in [-0.4, -0.2) is 63.4 Å². The fraction of sp³-hybridized carbons (Fsp3) is 0.760. The Morgan fingerprint density at radius 2 is 1.82 bits per heavy atom. The maximum absolute atomic E-state index is 12.5. The Morgan fingerprint density at radius 1 is 1.12 bits per heavy atom. The van der Waals surface area contributed by atoms with Gasteiger partial charge in [-0.1, -0.05) is 20.3 Å². The topological polar surface area (TPSA) is 100 Å². The number of piperidine rings is 1. The van der Waals surface area contributed by atoms with Gasteiger partial charge < -0.3 is 15.0 Å². The van der Waals surface area contributed by atoms with E-state index in [1.807, 2.05) is 13.1 Å². The first-order valence-electron chi connectivity index (χ1n) is 13.1. The van der Waals surface area contributed by atoms with Crippen LogP contribution < -0.4 is 5.32 Å². The zero-order valence-corrected chi connectivity index (χ0v) is 21.7. The SMILES string of the molecule is CCC[C@H](C)Nc1ncc2c(C3CCN(S(=O)(=O)CCC)CC3)cn(C3CCC(O)CC3)c2n1. The Balaban J connectivity index is 1.62. The molecule has 1 aliphatic heterocycles. The Morgan fingerprint density at radius 3 is 2.47 bits per heavy atom. The van der Waals surface area contributed by atoms with E-state index in [1.165, 1.54) is 5.56 Å². The van der Waals surface area contributed by atoms with Crippen LogP contribution in [0.3, 0.4) is 0 Å². The number of anilines is 1. The molecule has 0 radical (unpaired) electrons. The third-order valence-electron chi connectivity index (χ3n) is 7.51. The van der Waals surface area contributed by atoms with Gasteiger partial charge in [-0.25, -0.2) is 17.7 Å². The molecule has 2 fully saturated rings. The van der Waals surface area contributed by atoms with E-state index in [0.29, 0.717) is 43.5 Å². The van der Waals surface area contributed by atoms with Crippen LogP contribution in [0, 0.1) is 0 Å². The van der Waals surface area contributed by atoms with E-state index in [2.05, 4.69) is 34.9 Å². The average Bonchev–Trinajstić information content (AvgIpc) is 3.18. The molecule has 34 heavy (non-hydrogen) atoms. The van der Waals surface area contributed by atoms with Crippen LogP contribution in [0.5, 0.6) is 0 Å². The second-order valence-electron chi connectivity index (χ2n) is 10.2. The molecule has 2 aromatic heterocycles. The van der Waals surface area contributed by atoms with Crippen molar-refractivity contribution in [3.05, 3.63) is 18.0 Å². The van der Waals surface area contributed by atoms with E-state index in [-0.39, 0.29) is 11.9 Å². The van der Waals surface area contributed by atoms with Gasteiger partial charge in [-0.05, 0) is 69.8 Å². The Labute approximate surface area is 204 Å². The molecule has 190 valence electrons. The Bertz CT molecular complexity index is 1050. The number of nitrogens with one attached hydrogen (secondary N) is 1. The maximum atomic E-state index is 12.5. The van der Waals surface area contributed by atoms with Gasteiger partial charge in [0.2, 0.25) is 16.0 Å². The van der Waals surface area contributed by atoms with Crippen LogP contribution in [-0.2, 0) is 10.0 Å². The molecule has 4 rings (SSSR count). The number of rotatable bonds is 9. The summed E-state index contributed by atoms with van der Waals surface area (Å²) in [6, 6.07) is 0.630. The first kappa shape index (κ1) is 25.4. The highest BCUT2D eigenvalue weighted by Crippen LogP contribution is 2.38. The molecule has 1 saturated carbocycles. The molecular weight excluding hydrogens is 450 g/mol. The van der Waals surface area contributed by atoms with Crippen molar-refractivity contribution in [2.45, 2.75) is 103 Å². The van der Waals surface area contributed by atoms with Crippen molar-refractivity contribution in [3.8, 4) is 0 Å². The van der Waals surface area contributed by atoms with E-state index in [1.54, 1.807) is 4.31 Å². The van der Waals surface area contributed by atoms with Gasteiger partial charge in [0.25, 0.3) is 0 Å². The molecular formula is C25H41N5O3S. The third kappa shape index (κ3) is 5.57. The van der Waals surface area contributed by atoms with Crippen LogP contribution in [0.4, 0.5) is 5.95 Å². The molecule has 2 aliphatic rings. The quantitative estimate of drug-likeness (QED) is 0.538. The smallest absolute Gasteiger partial charge is 0.224 e. The van der Waals surface area contributed by atoms with Crippen molar-refractivity contribution in [2.24, 2.45) is 0 Å². The van der Waals surface area contributed by atoms with Gasteiger partial charge in [0, 0.05) is 43.0 Å². The molecule has 1 atom stereocenters. The van der Waals surface area contributed by atoms with Crippen LogP contribution in [0.2, 0.25) is 0 Å². The minimum atomic E-state index is -3.15. The molecule has 9 heteroatoms. The lowest BCUT2D eigenvalue weighted by Gasteiger charge is -2.31. The number of nitrogens with zero attached hydrogens (tertiary/aromatic N) is 4. The number of aliphatic hydroxyl groups excluding tert-OH is 1. The van der Waals surface area contributed by atoms with Crippen molar-refractivity contribution >= 4 is 27.0 Å². The van der Waals surface area contributed by atoms with E-state index in [9.17, 15) is 13.5 Å². The van der Waals surface area contributed by atoms with Crippen molar-refractivity contribution in [3.63, 3.8) is 0 Å². The summed E-state index contributed by atoms with van der Waals surface area (Å²) in [6.07, 6.45) is 12.0. The minimum Gasteiger partial charge on any atom is -0.393 e. The molecule has 0 amide bonds. The normalized spacial score (nSPS) is 23.9. The number of sulfonamides is 1. The molecule has 2 aromatic rings. The van der Waals surface area contributed by atoms with E-state index < -0.39 is 10.0 Å². The fourth-order valence-electron chi connectivity index (χ4n) is 5.62.